The summed E-state index contributed by atoms with van der Waals surface area (Å²) in [5.41, 5.74) is 0.837. The van der Waals surface area contributed by atoms with Crippen molar-refractivity contribution in [1.29, 1.82) is 0 Å². The van der Waals surface area contributed by atoms with Crippen molar-refractivity contribution in [3.8, 4) is 34.5 Å². The van der Waals surface area contributed by atoms with Gasteiger partial charge in [-0.3, -0.25) is 9.59 Å². The van der Waals surface area contributed by atoms with E-state index in [1.165, 1.54) is 153 Å². The molecule has 4 aromatic rings. The number of benzene rings is 4. The van der Waals surface area contributed by atoms with E-state index in [0.717, 1.165) is 167 Å². The molecule has 20 nitrogen and oxygen atoms in total. The number of unbranched alkanes of at least 4 members (excludes halogenated alkanes) is 32. The zero-order valence-corrected chi connectivity index (χ0v) is 69.6. The van der Waals surface area contributed by atoms with Crippen LogP contribution in [0.2, 0.25) is 0 Å². The van der Waals surface area contributed by atoms with Crippen molar-refractivity contribution in [1.82, 2.24) is 0 Å². The first-order valence-electron chi connectivity index (χ1n) is 43.7. The Bertz CT molecular complexity index is 3140. The Balaban J connectivity index is 0.000000414. The molecule has 4 aromatic carbocycles. The predicted octanol–water partition coefficient (Wildman–Crippen LogP) is 22.5. The van der Waals surface area contributed by atoms with Gasteiger partial charge >= 0.3 is 47.8 Å². The predicted molar refractivity (Wildman–Crippen MR) is 452 cm³/mol. The van der Waals surface area contributed by atoms with Gasteiger partial charge < -0.3 is 56.8 Å². The monoisotopic (exact) mass is 1610 g/mol. The van der Waals surface area contributed by atoms with E-state index in [1.54, 1.807) is 97.1 Å². The first-order valence-corrected chi connectivity index (χ1v) is 43.7. The van der Waals surface area contributed by atoms with E-state index in [9.17, 15) is 38.4 Å². The molecule has 0 atom stereocenters. The van der Waals surface area contributed by atoms with E-state index >= 15 is 0 Å². The lowest BCUT2D eigenvalue weighted by atomic mass is 9.87. The molecule has 2 aliphatic rings. The molecule has 0 spiro atoms. The van der Waals surface area contributed by atoms with Gasteiger partial charge in [-0.05, 0) is 200 Å². The van der Waals surface area contributed by atoms with Gasteiger partial charge in [0.1, 0.15) is 34.5 Å². The molecule has 2 aliphatic carbocycles. The Kier molecular flexibility index (Phi) is 54.1. The largest absolute Gasteiger partial charge is 0.494 e. The minimum absolute atomic E-state index is 0.146. The number of esters is 8. The summed E-state index contributed by atoms with van der Waals surface area (Å²) < 4.78 is 66.3. The van der Waals surface area contributed by atoms with E-state index in [1.807, 2.05) is 0 Å². The summed E-state index contributed by atoms with van der Waals surface area (Å²) in [5.74, 6) is -0.0796. The van der Waals surface area contributed by atoms with E-state index in [-0.39, 0.29) is 59.9 Å². The highest BCUT2D eigenvalue weighted by atomic mass is 16.6. The number of rotatable bonds is 64. The van der Waals surface area contributed by atoms with Gasteiger partial charge in [-0.25, -0.2) is 28.8 Å². The molecule has 6 rings (SSSR count). The van der Waals surface area contributed by atoms with Crippen molar-refractivity contribution in [3.63, 3.8) is 0 Å². The molecule has 640 valence electrons. The highest BCUT2D eigenvalue weighted by molar-refractivity contribution is 5.92. The molecule has 0 unspecified atom stereocenters. The van der Waals surface area contributed by atoms with Gasteiger partial charge in [0.2, 0.25) is 0 Å². The van der Waals surface area contributed by atoms with E-state index in [4.69, 9.17) is 56.8 Å². The second kappa shape index (κ2) is 64.2. The van der Waals surface area contributed by atoms with Crippen LogP contribution in [-0.2, 0) is 57.2 Å². The molecule has 116 heavy (non-hydrogen) atoms. The molecule has 0 radical (unpaired) electrons. The molecule has 2 saturated carbocycles. The van der Waals surface area contributed by atoms with E-state index < -0.39 is 11.9 Å². The fraction of sp³-hybridized carbons (Fsp3) is 0.583. The second-order valence-corrected chi connectivity index (χ2v) is 30.2. The Morgan fingerprint density at radius 3 is 0.672 bits per heavy atom. The van der Waals surface area contributed by atoms with Crippen LogP contribution in [0.25, 0.3) is 0 Å². The van der Waals surface area contributed by atoms with E-state index in [0.29, 0.717) is 85.3 Å². The Labute approximate surface area is 692 Å². The molecule has 0 amide bonds. The van der Waals surface area contributed by atoms with Gasteiger partial charge in [0.05, 0.1) is 74.8 Å². The zero-order chi connectivity index (χ0) is 82.9. The molecule has 0 heterocycles. The average Bonchev–Trinajstić information content (AvgIpc) is 0.872. The molecule has 0 aliphatic heterocycles. The van der Waals surface area contributed by atoms with Crippen molar-refractivity contribution in [2.75, 3.05) is 52.9 Å². The number of carbonyl (C=O) groups excluding carboxylic acids is 8. The Hall–Kier alpha value is -8.88. The van der Waals surface area contributed by atoms with Crippen molar-refractivity contribution >= 4 is 47.8 Å². The van der Waals surface area contributed by atoms with Crippen LogP contribution < -0.4 is 28.4 Å². The lowest BCUT2D eigenvalue weighted by molar-refractivity contribution is -0.142. The van der Waals surface area contributed by atoms with Crippen LogP contribution in [0.5, 0.6) is 34.5 Å². The van der Waals surface area contributed by atoms with Crippen LogP contribution in [0.3, 0.4) is 0 Å². The summed E-state index contributed by atoms with van der Waals surface area (Å²) >= 11 is 0. The highest BCUT2D eigenvalue weighted by Crippen LogP contribution is 2.32. The smallest absolute Gasteiger partial charge is 0.343 e. The zero-order valence-electron chi connectivity index (χ0n) is 69.6. The van der Waals surface area contributed by atoms with Crippen molar-refractivity contribution in [2.45, 2.75) is 295 Å². The standard InChI is InChI=1S/2C48H68O10/c2*1-3-45(49)55-37-21-17-13-9-5-7-11-15-19-35-53-41-27-23-39(24-28-41)47(51)57-43-31-33-44(34-32-43)58-48(52)40-25-29-42(30-26-40)54-36-20-16-12-8-6-10-14-18-22-38-56-46(50)4-2/h2*3-4,23-24,27-28,31-34,40,42H,1-2,5-22,25-26,29-30,35-38H2. The first kappa shape index (κ1) is 97.7. The first-order chi connectivity index (χ1) is 56.7. The molecule has 0 aromatic heterocycles. The van der Waals surface area contributed by atoms with Gasteiger partial charge in [-0.2, -0.15) is 0 Å². The number of carbonyl (C=O) groups is 8. The summed E-state index contributed by atoms with van der Waals surface area (Å²) in [4.78, 5) is 95.3. The van der Waals surface area contributed by atoms with Crippen LogP contribution in [0.1, 0.15) is 303 Å². The summed E-state index contributed by atoms with van der Waals surface area (Å²) in [7, 11) is 0. The molecule has 0 bridgehead atoms. The molecule has 20 heteroatoms. The van der Waals surface area contributed by atoms with Gasteiger partial charge in [0.15, 0.2) is 0 Å². The maximum atomic E-state index is 12.9. The lowest BCUT2D eigenvalue weighted by Crippen LogP contribution is -2.29. The lowest BCUT2D eigenvalue weighted by Gasteiger charge is -2.27. The number of hydrogen-bond acceptors (Lipinski definition) is 20. The Morgan fingerprint density at radius 2 is 0.440 bits per heavy atom. The summed E-state index contributed by atoms with van der Waals surface area (Å²) in [6.45, 7) is 18.3. The second-order valence-electron chi connectivity index (χ2n) is 30.2. The Morgan fingerprint density at radius 1 is 0.241 bits per heavy atom. The van der Waals surface area contributed by atoms with Gasteiger partial charge in [-0.15, -0.1) is 0 Å². The van der Waals surface area contributed by atoms with Crippen LogP contribution in [-0.4, -0.2) is 113 Å². The third-order valence-corrected chi connectivity index (χ3v) is 20.7. The summed E-state index contributed by atoms with van der Waals surface area (Å²) in [6.07, 6.45) is 52.4. The molecular weight excluding hydrogens is 1470 g/mol. The number of ether oxygens (including phenoxy) is 12. The minimum Gasteiger partial charge on any atom is -0.494 e. The third-order valence-electron chi connectivity index (χ3n) is 20.7. The topological polar surface area (TPSA) is 247 Å². The summed E-state index contributed by atoms with van der Waals surface area (Å²) in [6, 6.07) is 27.0. The van der Waals surface area contributed by atoms with Gasteiger partial charge in [0, 0.05) is 37.5 Å². The SMILES string of the molecule is C=CC(=O)OCCCCCCCCCCCOc1ccc(C(=O)Oc2ccc(OC(=O)C3CCC(OCCCCCCCCCCCOC(=O)C=C)CC3)cc2)cc1.C=CC(=O)OCCCCCCCCCCCOc1ccc(C(=O)Oc2ccc(OC(=O)C3CCC(OCCCCCCCCCCCOC(=O)C=C)CC3)cc2)cc1. The minimum atomic E-state index is -0.475. The van der Waals surface area contributed by atoms with Crippen molar-refractivity contribution in [3.05, 3.63) is 159 Å². The highest BCUT2D eigenvalue weighted by Gasteiger charge is 2.30. The fourth-order valence-corrected chi connectivity index (χ4v) is 13.8. The maximum Gasteiger partial charge on any atom is 0.343 e. The van der Waals surface area contributed by atoms with E-state index in [2.05, 4.69) is 26.3 Å². The van der Waals surface area contributed by atoms with Crippen LogP contribution in [0.15, 0.2) is 148 Å². The normalized spacial score (nSPS) is 14.9. The number of hydrogen-bond donors (Lipinski definition) is 0. The van der Waals surface area contributed by atoms with Crippen LogP contribution in [0, 0.1) is 11.8 Å². The van der Waals surface area contributed by atoms with Crippen LogP contribution in [0.4, 0.5) is 0 Å². The van der Waals surface area contributed by atoms with Crippen LogP contribution >= 0.6 is 0 Å². The molecule has 2 fully saturated rings. The fourth-order valence-electron chi connectivity index (χ4n) is 13.8. The van der Waals surface area contributed by atoms with Gasteiger partial charge in [0.25, 0.3) is 0 Å². The molecule has 0 saturated heterocycles. The molecular formula is C96H136O20. The van der Waals surface area contributed by atoms with Gasteiger partial charge in [-0.1, -0.05) is 206 Å². The average molecular weight is 1610 g/mol. The quantitative estimate of drug-likeness (QED) is 0.0131. The third kappa shape index (κ3) is 47.4. The maximum absolute atomic E-state index is 12.9. The molecule has 0 N–H and O–H groups in total. The van der Waals surface area contributed by atoms with Crippen molar-refractivity contribution < 1.29 is 95.2 Å². The van der Waals surface area contributed by atoms with Crippen molar-refractivity contribution in [2.24, 2.45) is 11.8 Å². The summed E-state index contributed by atoms with van der Waals surface area (Å²) in [5, 5.41) is 0.